The van der Waals surface area contributed by atoms with Gasteiger partial charge >= 0.3 is 6.03 Å². The van der Waals surface area contributed by atoms with E-state index in [0.29, 0.717) is 49.3 Å². The van der Waals surface area contributed by atoms with Crippen LogP contribution in [0.4, 0.5) is 4.79 Å². The third-order valence-corrected chi connectivity index (χ3v) is 6.20. The quantitative estimate of drug-likeness (QED) is 0.768. The smallest absolute Gasteiger partial charge is 0.314 e. The average Bonchev–Trinajstić information content (AvgIpc) is 2.90. The number of primary amides is 1. The normalized spacial score (nSPS) is 20.6. The van der Waals surface area contributed by atoms with Crippen molar-refractivity contribution in [3.63, 3.8) is 0 Å². The Labute approximate surface area is 169 Å². The minimum Gasteiger partial charge on any atom is -0.351 e. The summed E-state index contributed by atoms with van der Waals surface area (Å²) in [6, 6.07) is 4.24. The molecular weight excluding hydrogens is 372 g/mol. The summed E-state index contributed by atoms with van der Waals surface area (Å²) in [7, 11) is 0. The largest absolute Gasteiger partial charge is 0.351 e. The molecule has 0 atom stereocenters. The summed E-state index contributed by atoms with van der Waals surface area (Å²) >= 11 is 0. The molecule has 4 rings (SSSR count). The maximum Gasteiger partial charge on any atom is 0.314 e. The van der Waals surface area contributed by atoms with E-state index in [9.17, 15) is 19.2 Å². The zero-order chi connectivity index (χ0) is 20.5. The third-order valence-electron chi connectivity index (χ3n) is 6.20. The number of nitrogens with two attached hydrogens (primary N) is 1. The lowest BCUT2D eigenvalue weighted by Crippen LogP contribution is -2.40. The van der Waals surface area contributed by atoms with Gasteiger partial charge in [0.15, 0.2) is 0 Å². The molecule has 0 aromatic heterocycles. The molecular formula is C21H26N4O4. The Balaban J connectivity index is 1.53. The van der Waals surface area contributed by atoms with Gasteiger partial charge in [0.2, 0.25) is 0 Å². The molecule has 3 aliphatic rings. The predicted molar refractivity (Wildman–Crippen MR) is 105 cm³/mol. The number of urea groups is 1. The van der Waals surface area contributed by atoms with Crippen molar-refractivity contribution in [2.75, 3.05) is 26.2 Å². The van der Waals surface area contributed by atoms with E-state index in [2.05, 4.69) is 0 Å². The van der Waals surface area contributed by atoms with Crippen molar-refractivity contribution in [2.24, 2.45) is 5.73 Å². The molecule has 1 saturated heterocycles. The molecule has 2 aliphatic heterocycles. The van der Waals surface area contributed by atoms with Gasteiger partial charge in [0, 0.05) is 37.8 Å². The standard InChI is InChI=1S/C21H26N4O4/c22-21(29)24-10-4-9-23(11-12-24)18(26)14-7-8-16-17(13-14)20(28)25(19(16)27)15-5-2-1-3-6-15/h7-8,13,15H,1-6,9-12H2,(H2,22,29). The number of nitrogens with zero attached hydrogens (tertiary/aromatic N) is 3. The first-order valence-corrected chi connectivity index (χ1v) is 10.3. The molecule has 2 N–H and O–H groups in total. The summed E-state index contributed by atoms with van der Waals surface area (Å²) in [5.41, 5.74) is 6.44. The molecule has 154 valence electrons. The van der Waals surface area contributed by atoms with E-state index in [1.165, 1.54) is 9.80 Å². The van der Waals surface area contributed by atoms with Crippen LogP contribution in [-0.2, 0) is 0 Å². The van der Waals surface area contributed by atoms with E-state index in [-0.39, 0.29) is 23.8 Å². The monoisotopic (exact) mass is 398 g/mol. The highest BCUT2D eigenvalue weighted by molar-refractivity contribution is 6.22. The fourth-order valence-electron chi connectivity index (χ4n) is 4.59. The topological polar surface area (TPSA) is 104 Å². The van der Waals surface area contributed by atoms with Gasteiger partial charge in [-0.2, -0.15) is 0 Å². The lowest BCUT2D eigenvalue weighted by molar-refractivity contribution is 0.0548. The lowest BCUT2D eigenvalue weighted by atomic mass is 9.94. The van der Waals surface area contributed by atoms with Gasteiger partial charge in [-0.05, 0) is 37.5 Å². The highest BCUT2D eigenvalue weighted by atomic mass is 16.2. The Hall–Kier alpha value is -2.90. The Morgan fingerprint density at radius 3 is 2.21 bits per heavy atom. The lowest BCUT2D eigenvalue weighted by Gasteiger charge is -2.29. The first kappa shape index (κ1) is 19.4. The molecule has 1 saturated carbocycles. The van der Waals surface area contributed by atoms with Gasteiger partial charge in [-0.3, -0.25) is 19.3 Å². The van der Waals surface area contributed by atoms with Crippen LogP contribution in [0.5, 0.6) is 0 Å². The molecule has 2 fully saturated rings. The van der Waals surface area contributed by atoms with Crippen LogP contribution in [-0.4, -0.2) is 70.7 Å². The van der Waals surface area contributed by atoms with Crippen molar-refractivity contribution >= 4 is 23.8 Å². The highest BCUT2D eigenvalue weighted by Crippen LogP contribution is 2.31. The summed E-state index contributed by atoms with van der Waals surface area (Å²) in [5, 5.41) is 0. The molecule has 0 spiro atoms. The Morgan fingerprint density at radius 2 is 1.48 bits per heavy atom. The predicted octanol–water partition coefficient (Wildman–Crippen LogP) is 1.84. The molecule has 2 heterocycles. The first-order chi connectivity index (χ1) is 14.0. The summed E-state index contributed by atoms with van der Waals surface area (Å²) < 4.78 is 0. The van der Waals surface area contributed by atoms with Gasteiger partial charge in [0.05, 0.1) is 11.1 Å². The molecule has 5 amide bonds. The summed E-state index contributed by atoms with van der Waals surface area (Å²) in [5.74, 6) is -0.736. The maximum atomic E-state index is 13.0. The average molecular weight is 398 g/mol. The third kappa shape index (κ3) is 3.59. The van der Waals surface area contributed by atoms with Gasteiger partial charge in [-0.1, -0.05) is 19.3 Å². The second-order valence-electron chi connectivity index (χ2n) is 8.00. The highest BCUT2D eigenvalue weighted by Gasteiger charge is 2.40. The van der Waals surface area contributed by atoms with E-state index in [1.807, 2.05) is 0 Å². The van der Waals surface area contributed by atoms with Crippen molar-refractivity contribution in [3.8, 4) is 0 Å². The van der Waals surface area contributed by atoms with Gasteiger partial charge in [-0.25, -0.2) is 4.79 Å². The van der Waals surface area contributed by atoms with Crippen molar-refractivity contribution < 1.29 is 19.2 Å². The Kier molecular flexibility index (Phi) is 5.25. The van der Waals surface area contributed by atoms with Gasteiger partial charge in [-0.15, -0.1) is 0 Å². The van der Waals surface area contributed by atoms with Crippen LogP contribution < -0.4 is 5.73 Å². The van der Waals surface area contributed by atoms with Crippen molar-refractivity contribution in [3.05, 3.63) is 34.9 Å². The van der Waals surface area contributed by atoms with Crippen molar-refractivity contribution in [1.82, 2.24) is 14.7 Å². The van der Waals surface area contributed by atoms with Gasteiger partial charge < -0.3 is 15.5 Å². The van der Waals surface area contributed by atoms with Gasteiger partial charge in [0.25, 0.3) is 17.7 Å². The first-order valence-electron chi connectivity index (χ1n) is 10.3. The van der Waals surface area contributed by atoms with E-state index < -0.39 is 6.03 Å². The molecule has 0 bridgehead atoms. The van der Waals surface area contributed by atoms with Gasteiger partial charge in [0.1, 0.15) is 0 Å². The second kappa shape index (κ2) is 7.85. The number of amides is 5. The van der Waals surface area contributed by atoms with Crippen LogP contribution in [0.15, 0.2) is 18.2 Å². The molecule has 8 heteroatoms. The van der Waals surface area contributed by atoms with E-state index in [0.717, 1.165) is 32.1 Å². The summed E-state index contributed by atoms with van der Waals surface area (Å²) in [4.78, 5) is 54.7. The van der Waals surface area contributed by atoms with E-state index in [4.69, 9.17) is 5.73 Å². The van der Waals surface area contributed by atoms with E-state index in [1.54, 1.807) is 23.1 Å². The molecule has 0 unspecified atom stereocenters. The van der Waals surface area contributed by atoms with Crippen molar-refractivity contribution in [2.45, 2.75) is 44.6 Å². The Morgan fingerprint density at radius 1 is 0.828 bits per heavy atom. The SMILES string of the molecule is NC(=O)N1CCCN(C(=O)c2ccc3c(c2)C(=O)N(C2CCCCC2)C3=O)CC1. The molecule has 1 aliphatic carbocycles. The van der Waals surface area contributed by atoms with Crippen LogP contribution in [0.25, 0.3) is 0 Å². The number of rotatable bonds is 2. The Bertz CT molecular complexity index is 862. The van der Waals surface area contributed by atoms with Crippen molar-refractivity contribution in [1.29, 1.82) is 0 Å². The number of fused-ring (bicyclic) bond motifs is 1. The molecule has 1 aromatic rings. The number of benzene rings is 1. The van der Waals surface area contributed by atoms with E-state index >= 15 is 0 Å². The number of carbonyl (C=O) groups excluding carboxylic acids is 4. The van der Waals surface area contributed by atoms with Crippen LogP contribution in [0.2, 0.25) is 0 Å². The van der Waals surface area contributed by atoms with Crippen LogP contribution >= 0.6 is 0 Å². The summed E-state index contributed by atoms with van der Waals surface area (Å²) in [6.07, 6.45) is 5.54. The minimum absolute atomic E-state index is 0.0410. The zero-order valence-corrected chi connectivity index (χ0v) is 16.4. The van der Waals surface area contributed by atoms with Crippen LogP contribution in [0, 0.1) is 0 Å². The molecule has 1 aromatic carbocycles. The second-order valence-corrected chi connectivity index (χ2v) is 8.00. The fourth-order valence-corrected chi connectivity index (χ4v) is 4.59. The number of carbonyl (C=O) groups is 4. The minimum atomic E-state index is -0.483. The van der Waals surface area contributed by atoms with Crippen LogP contribution in [0.3, 0.4) is 0 Å². The zero-order valence-electron chi connectivity index (χ0n) is 16.4. The number of hydrogen-bond donors (Lipinski definition) is 1. The maximum absolute atomic E-state index is 13.0. The molecule has 29 heavy (non-hydrogen) atoms. The number of imide groups is 1. The molecule has 0 radical (unpaired) electrons. The van der Waals surface area contributed by atoms with Crippen LogP contribution in [0.1, 0.15) is 69.6 Å². The molecule has 8 nitrogen and oxygen atoms in total. The number of hydrogen-bond acceptors (Lipinski definition) is 4. The summed E-state index contributed by atoms with van der Waals surface area (Å²) in [6.45, 7) is 1.81. The fraction of sp³-hybridized carbons (Fsp3) is 0.524.